The van der Waals surface area contributed by atoms with Crippen LogP contribution >= 0.6 is 22.6 Å². The van der Waals surface area contributed by atoms with Gasteiger partial charge in [0.1, 0.15) is 0 Å². The van der Waals surface area contributed by atoms with Crippen molar-refractivity contribution in [3.8, 4) is 0 Å². The first-order valence-electron chi connectivity index (χ1n) is 4.27. The minimum atomic E-state index is 1.12. The van der Waals surface area contributed by atoms with Gasteiger partial charge in [-0.15, -0.1) is 0 Å². The van der Waals surface area contributed by atoms with E-state index in [2.05, 4.69) is 29.5 Å². The summed E-state index contributed by atoms with van der Waals surface area (Å²) in [6.45, 7) is 3.82. The molecular formula is C9H18I. The van der Waals surface area contributed by atoms with Gasteiger partial charge in [0.2, 0.25) is 0 Å². The highest BCUT2D eigenvalue weighted by atomic mass is 127. The van der Waals surface area contributed by atoms with E-state index in [1.165, 1.54) is 43.0 Å². The van der Waals surface area contributed by atoms with Crippen molar-refractivity contribution in [2.24, 2.45) is 0 Å². The fourth-order valence-corrected chi connectivity index (χ4v) is 1.52. The van der Waals surface area contributed by atoms with Gasteiger partial charge in [0.05, 0.1) is 0 Å². The molecule has 1 heteroatoms. The molecule has 0 atom stereocenters. The van der Waals surface area contributed by atoms with E-state index in [0.29, 0.717) is 0 Å². The lowest BCUT2D eigenvalue weighted by Gasteiger charge is -1.97. The van der Waals surface area contributed by atoms with Gasteiger partial charge in [0.15, 0.2) is 0 Å². The molecule has 0 N–H and O–H groups in total. The second kappa shape index (κ2) is 9.73. The van der Waals surface area contributed by atoms with Crippen LogP contribution in [0.25, 0.3) is 0 Å². The van der Waals surface area contributed by atoms with E-state index < -0.39 is 0 Å². The molecular weight excluding hydrogens is 235 g/mol. The molecule has 0 aliphatic heterocycles. The first-order chi connectivity index (χ1) is 4.91. The molecule has 0 nitrogen and oxygen atoms in total. The zero-order chi connectivity index (χ0) is 7.66. The van der Waals surface area contributed by atoms with Gasteiger partial charge in [-0.1, -0.05) is 68.0 Å². The highest BCUT2D eigenvalue weighted by Crippen LogP contribution is 2.07. The maximum absolute atomic E-state index is 3.82. The molecule has 0 aromatic rings. The largest absolute Gasteiger partial charge is 0.0864 e. The SMILES string of the molecule is [CH2]CCCCCCCCI. The summed E-state index contributed by atoms with van der Waals surface area (Å²) in [4.78, 5) is 0. The van der Waals surface area contributed by atoms with Crippen LogP contribution in [0.3, 0.4) is 0 Å². The zero-order valence-corrected chi connectivity index (χ0v) is 8.90. The molecule has 0 spiro atoms. The van der Waals surface area contributed by atoms with E-state index in [0.717, 1.165) is 6.42 Å². The third-order valence-corrected chi connectivity index (χ3v) is 2.40. The van der Waals surface area contributed by atoms with E-state index in [-0.39, 0.29) is 0 Å². The normalized spacial score (nSPS) is 10.2. The van der Waals surface area contributed by atoms with Gasteiger partial charge < -0.3 is 0 Å². The molecule has 0 aliphatic rings. The van der Waals surface area contributed by atoms with Crippen LogP contribution in [-0.2, 0) is 0 Å². The van der Waals surface area contributed by atoms with Gasteiger partial charge in [-0.25, -0.2) is 0 Å². The summed E-state index contributed by atoms with van der Waals surface area (Å²) >= 11 is 2.45. The molecule has 0 saturated carbocycles. The molecule has 0 fully saturated rings. The Labute approximate surface area is 78.9 Å². The van der Waals surface area contributed by atoms with Crippen molar-refractivity contribution in [3.05, 3.63) is 6.92 Å². The van der Waals surface area contributed by atoms with Crippen molar-refractivity contribution in [1.29, 1.82) is 0 Å². The molecule has 0 bridgehead atoms. The average Bonchev–Trinajstić information content (AvgIpc) is 1.97. The van der Waals surface area contributed by atoms with Crippen LogP contribution in [0.4, 0.5) is 0 Å². The Morgan fingerprint density at radius 2 is 1.30 bits per heavy atom. The van der Waals surface area contributed by atoms with Crippen LogP contribution in [0, 0.1) is 6.92 Å². The maximum Gasteiger partial charge on any atom is -0.000473 e. The fourth-order valence-electron chi connectivity index (χ4n) is 0.978. The first kappa shape index (κ1) is 10.7. The average molecular weight is 253 g/mol. The van der Waals surface area contributed by atoms with Crippen LogP contribution in [0.15, 0.2) is 0 Å². The Hall–Kier alpha value is 0.730. The van der Waals surface area contributed by atoms with Crippen LogP contribution in [0.1, 0.15) is 44.9 Å². The van der Waals surface area contributed by atoms with Gasteiger partial charge in [-0.2, -0.15) is 0 Å². The predicted octanol–water partition coefficient (Wildman–Crippen LogP) is 3.99. The smallest absolute Gasteiger partial charge is 0.000473 e. The second-order valence-electron chi connectivity index (χ2n) is 2.66. The second-order valence-corrected chi connectivity index (χ2v) is 3.74. The van der Waals surface area contributed by atoms with Crippen LogP contribution in [-0.4, -0.2) is 4.43 Å². The molecule has 0 aliphatic carbocycles. The molecule has 1 radical (unpaired) electrons. The highest BCUT2D eigenvalue weighted by Gasteiger charge is 1.88. The predicted molar refractivity (Wildman–Crippen MR) is 56.6 cm³/mol. The van der Waals surface area contributed by atoms with Gasteiger partial charge >= 0.3 is 0 Å². The summed E-state index contributed by atoms with van der Waals surface area (Å²) in [7, 11) is 0. The third kappa shape index (κ3) is 8.73. The van der Waals surface area contributed by atoms with Gasteiger partial charge in [-0.05, 0) is 10.8 Å². The van der Waals surface area contributed by atoms with Crippen LogP contribution in [0.2, 0.25) is 0 Å². The Kier molecular flexibility index (Phi) is 10.4. The van der Waals surface area contributed by atoms with Gasteiger partial charge in [-0.3, -0.25) is 0 Å². The number of halogens is 1. The Morgan fingerprint density at radius 3 is 1.80 bits per heavy atom. The minimum Gasteiger partial charge on any atom is -0.0864 e. The lowest BCUT2D eigenvalue weighted by molar-refractivity contribution is 0.614. The van der Waals surface area contributed by atoms with E-state index >= 15 is 0 Å². The quantitative estimate of drug-likeness (QED) is 0.365. The summed E-state index contributed by atoms with van der Waals surface area (Å²) in [5.74, 6) is 0. The van der Waals surface area contributed by atoms with Gasteiger partial charge in [0, 0.05) is 0 Å². The Bertz CT molecular complexity index is 44.7. The molecule has 0 aromatic heterocycles. The molecule has 0 unspecified atom stereocenters. The van der Waals surface area contributed by atoms with Crippen molar-refractivity contribution in [1.82, 2.24) is 0 Å². The fraction of sp³-hybridized carbons (Fsp3) is 0.889. The molecule has 0 heterocycles. The molecule has 0 aromatic carbocycles. The monoisotopic (exact) mass is 253 g/mol. The molecule has 0 amide bonds. The van der Waals surface area contributed by atoms with Crippen molar-refractivity contribution in [2.45, 2.75) is 44.9 Å². The van der Waals surface area contributed by atoms with Crippen LogP contribution < -0.4 is 0 Å². The summed E-state index contributed by atoms with van der Waals surface area (Å²) in [6.07, 6.45) is 9.53. The molecule has 0 rings (SSSR count). The number of hydrogen-bond donors (Lipinski definition) is 0. The Balaban J connectivity index is 2.65. The lowest BCUT2D eigenvalue weighted by atomic mass is 10.1. The number of unbranched alkanes of at least 4 members (excludes halogenated alkanes) is 6. The van der Waals surface area contributed by atoms with E-state index in [9.17, 15) is 0 Å². The van der Waals surface area contributed by atoms with Gasteiger partial charge in [0.25, 0.3) is 0 Å². The Morgan fingerprint density at radius 1 is 0.800 bits per heavy atom. The van der Waals surface area contributed by atoms with Crippen molar-refractivity contribution >= 4 is 22.6 Å². The zero-order valence-electron chi connectivity index (χ0n) is 6.74. The van der Waals surface area contributed by atoms with E-state index in [1.54, 1.807) is 0 Å². The molecule has 10 heavy (non-hydrogen) atoms. The lowest BCUT2D eigenvalue weighted by Crippen LogP contribution is -1.79. The third-order valence-electron chi connectivity index (χ3n) is 1.63. The molecule has 61 valence electrons. The molecule has 0 saturated heterocycles. The number of rotatable bonds is 7. The minimum absolute atomic E-state index is 1.12. The van der Waals surface area contributed by atoms with Crippen LogP contribution in [0.5, 0.6) is 0 Å². The number of hydrogen-bond acceptors (Lipinski definition) is 0. The van der Waals surface area contributed by atoms with Crippen molar-refractivity contribution < 1.29 is 0 Å². The summed E-state index contributed by atoms with van der Waals surface area (Å²) < 4.78 is 1.33. The van der Waals surface area contributed by atoms with E-state index in [1.807, 2.05) is 0 Å². The first-order valence-corrected chi connectivity index (χ1v) is 5.79. The van der Waals surface area contributed by atoms with Crippen molar-refractivity contribution in [3.63, 3.8) is 0 Å². The summed E-state index contributed by atoms with van der Waals surface area (Å²) in [6, 6.07) is 0. The standard InChI is InChI=1S/C9H18I/c1-2-3-4-5-6-7-8-9-10/h1-9H2. The maximum atomic E-state index is 3.82. The number of alkyl halides is 1. The highest BCUT2D eigenvalue weighted by molar-refractivity contribution is 14.1. The van der Waals surface area contributed by atoms with Crippen molar-refractivity contribution in [2.75, 3.05) is 4.43 Å². The van der Waals surface area contributed by atoms with E-state index in [4.69, 9.17) is 0 Å². The topological polar surface area (TPSA) is 0 Å². The summed E-state index contributed by atoms with van der Waals surface area (Å²) in [5, 5.41) is 0. The summed E-state index contributed by atoms with van der Waals surface area (Å²) in [5.41, 5.74) is 0.